The van der Waals surface area contributed by atoms with Crippen LogP contribution >= 0.6 is 0 Å². The van der Waals surface area contributed by atoms with Gasteiger partial charge in [0.1, 0.15) is 0 Å². The van der Waals surface area contributed by atoms with E-state index in [4.69, 9.17) is 4.74 Å². The van der Waals surface area contributed by atoms with Gasteiger partial charge in [-0.1, -0.05) is 67.6 Å². The molecule has 28 heavy (non-hydrogen) atoms. The lowest BCUT2D eigenvalue weighted by Gasteiger charge is -2.47. The number of aliphatic hydroxyl groups excluding tert-OH is 1. The Balaban J connectivity index is 1.79. The van der Waals surface area contributed by atoms with Gasteiger partial charge in [-0.25, -0.2) is 0 Å². The van der Waals surface area contributed by atoms with Crippen LogP contribution in [-0.4, -0.2) is 47.3 Å². The Kier molecular flexibility index (Phi) is 7.20. The maximum atomic E-state index is 11.7. The number of rotatable bonds is 7. The van der Waals surface area contributed by atoms with E-state index in [1.54, 1.807) is 6.92 Å². The van der Waals surface area contributed by atoms with Crippen molar-refractivity contribution < 1.29 is 14.6 Å². The first-order valence-electron chi connectivity index (χ1n) is 9.90. The molecular weight excluding hydrogens is 352 g/mol. The number of amides is 1. The summed E-state index contributed by atoms with van der Waals surface area (Å²) in [5, 5.41) is 13.3. The molecule has 1 saturated heterocycles. The molecule has 1 aliphatic heterocycles. The summed E-state index contributed by atoms with van der Waals surface area (Å²) >= 11 is 0. The summed E-state index contributed by atoms with van der Waals surface area (Å²) in [5.74, 6) is 0.0533. The van der Waals surface area contributed by atoms with Gasteiger partial charge in [0.15, 0.2) is 0 Å². The van der Waals surface area contributed by atoms with Crippen molar-refractivity contribution in [3.8, 4) is 0 Å². The first-order chi connectivity index (χ1) is 13.6. The second-order valence-corrected chi connectivity index (χ2v) is 7.59. The van der Waals surface area contributed by atoms with Crippen LogP contribution in [0, 0.1) is 5.92 Å². The van der Waals surface area contributed by atoms with Crippen molar-refractivity contribution in [1.29, 1.82) is 0 Å². The van der Waals surface area contributed by atoms with E-state index in [1.165, 1.54) is 5.56 Å². The molecule has 1 heterocycles. The predicted molar refractivity (Wildman–Crippen MR) is 110 cm³/mol. The van der Waals surface area contributed by atoms with Gasteiger partial charge in [0.05, 0.1) is 25.4 Å². The van der Waals surface area contributed by atoms with Crippen LogP contribution in [0.15, 0.2) is 60.7 Å². The highest BCUT2D eigenvalue weighted by atomic mass is 16.5. The highest BCUT2D eigenvalue weighted by Gasteiger charge is 2.42. The van der Waals surface area contributed by atoms with Crippen LogP contribution in [0.3, 0.4) is 0 Å². The molecule has 4 atom stereocenters. The number of nitrogens with one attached hydrogen (secondary N) is 1. The molecule has 0 aliphatic carbocycles. The Hall–Kier alpha value is -2.21. The third kappa shape index (κ3) is 5.19. The average molecular weight is 383 g/mol. The molecule has 2 aromatic carbocycles. The summed E-state index contributed by atoms with van der Waals surface area (Å²) in [6.45, 7) is 5.54. The molecular formula is C23H30N2O3. The first kappa shape index (κ1) is 20.5. The van der Waals surface area contributed by atoms with Crippen LogP contribution in [0.1, 0.15) is 25.0 Å². The molecule has 5 nitrogen and oxygen atoms in total. The maximum Gasteiger partial charge on any atom is 0.217 e. The van der Waals surface area contributed by atoms with Gasteiger partial charge in [-0.2, -0.15) is 0 Å². The molecule has 1 amide bonds. The fourth-order valence-electron chi connectivity index (χ4n) is 4.03. The lowest BCUT2D eigenvalue weighted by Crippen LogP contribution is -2.63. The number of carbonyl (C=O) groups excluding carboxylic acids is 1. The Morgan fingerprint density at radius 1 is 1.11 bits per heavy atom. The number of hydrogen-bond donors (Lipinski definition) is 2. The van der Waals surface area contributed by atoms with Crippen LogP contribution < -0.4 is 5.32 Å². The van der Waals surface area contributed by atoms with Crippen molar-refractivity contribution in [1.82, 2.24) is 10.2 Å². The molecule has 5 heteroatoms. The number of benzene rings is 2. The van der Waals surface area contributed by atoms with Gasteiger partial charge in [0, 0.05) is 32.0 Å². The average Bonchev–Trinajstić information content (AvgIpc) is 2.70. The fourth-order valence-corrected chi connectivity index (χ4v) is 4.03. The predicted octanol–water partition coefficient (Wildman–Crippen LogP) is 2.59. The van der Waals surface area contributed by atoms with E-state index in [9.17, 15) is 9.90 Å². The lowest BCUT2D eigenvalue weighted by molar-refractivity contribution is -0.127. The van der Waals surface area contributed by atoms with Crippen LogP contribution in [0.25, 0.3) is 0 Å². The van der Waals surface area contributed by atoms with Crippen molar-refractivity contribution in [3.05, 3.63) is 71.8 Å². The minimum atomic E-state index is -0.181. The van der Waals surface area contributed by atoms with Crippen LogP contribution in [-0.2, 0) is 22.7 Å². The number of aliphatic hydroxyl groups is 1. The van der Waals surface area contributed by atoms with Gasteiger partial charge in [-0.15, -0.1) is 0 Å². The normalized spacial score (nSPS) is 25.4. The van der Waals surface area contributed by atoms with Gasteiger partial charge < -0.3 is 15.2 Å². The first-order valence-corrected chi connectivity index (χ1v) is 9.90. The lowest BCUT2D eigenvalue weighted by atomic mass is 9.84. The van der Waals surface area contributed by atoms with Gasteiger partial charge >= 0.3 is 0 Å². The molecule has 3 rings (SSSR count). The number of hydrogen-bond acceptors (Lipinski definition) is 4. The molecule has 2 aromatic rings. The Bertz CT molecular complexity index is 738. The number of piperidine rings is 1. The van der Waals surface area contributed by atoms with Crippen LogP contribution in [0.4, 0.5) is 0 Å². The van der Waals surface area contributed by atoms with Gasteiger partial charge in [-0.3, -0.25) is 9.69 Å². The van der Waals surface area contributed by atoms with Crippen molar-refractivity contribution in [2.45, 2.75) is 45.2 Å². The highest BCUT2D eigenvalue weighted by molar-refractivity contribution is 5.73. The smallest absolute Gasteiger partial charge is 0.217 e. The van der Waals surface area contributed by atoms with E-state index < -0.39 is 0 Å². The number of ether oxygens (including phenoxy) is 1. The third-order valence-electron chi connectivity index (χ3n) is 5.52. The van der Waals surface area contributed by atoms with E-state index >= 15 is 0 Å². The molecule has 150 valence electrons. The molecule has 0 radical (unpaired) electrons. The maximum absolute atomic E-state index is 11.7. The van der Waals surface area contributed by atoms with Crippen molar-refractivity contribution in [2.24, 2.45) is 5.92 Å². The van der Waals surface area contributed by atoms with E-state index in [2.05, 4.69) is 29.3 Å². The standard InChI is InChI=1S/C23H30N2O3/c1-17-21(24-18(2)27)14-25(13-19-9-5-3-6-10-19)22(15-26)23(17)28-16-20-11-7-4-8-12-20/h3-12,17,21-23,26H,13-16H2,1-2H3,(H,24,27)/t17-,21-,22+,23-/m0/s1. The minimum Gasteiger partial charge on any atom is -0.395 e. The zero-order valence-electron chi connectivity index (χ0n) is 16.6. The molecule has 0 unspecified atom stereocenters. The molecule has 0 aromatic heterocycles. The number of likely N-dealkylation sites (tertiary alicyclic amines) is 1. The second-order valence-electron chi connectivity index (χ2n) is 7.59. The van der Waals surface area contributed by atoms with Crippen molar-refractivity contribution >= 4 is 5.91 Å². The summed E-state index contributed by atoms with van der Waals surface area (Å²) in [6.07, 6.45) is -0.181. The monoisotopic (exact) mass is 382 g/mol. The van der Waals surface area contributed by atoms with E-state index in [1.807, 2.05) is 48.5 Å². The Morgan fingerprint density at radius 2 is 1.71 bits per heavy atom. The summed E-state index contributed by atoms with van der Waals surface area (Å²) in [4.78, 5) is 14.0. The van der Waals surface area contributed by atoms with Gasteiger partial charge in [0.2, 0.25) is 5.91 Å². The molecule has 1 fully saturated rings. The minimum absolute atomic E-state index is 0.0173. The fraction of sp³-hybridized carbons (Fsp3) is 0.435. The summed E-state index contributed by atoms with van der Waals surface area (Å²) < 4.78 is 6.31. The Labute approximate surface area is 167 Å². The number of carbonyl (C=O) groups is 1. The van der Waals surface area contributed by atoms with E-state index in [-0.39, 0.29) is 36.6 Å². The quantitative estimate of drug-likeness (QED) is 0.773. The molecule has 0 bridgehead atoms. The summed E-state index contributed by atoms with van der Waals surface area (Å²) in [6, 6.07) is 20.1. The number of nitrogens with zero attached hydrogens (tertiary/aromatic N) is 1. The van der Waals surface area contributed by atoms with E-state index in [0.29, 0.717) is 19.7 Å². The summed E-state index contributed by atoms with van der Waals surface area (Å²) in [7, 11) is 0. The third-order valence-corrected chi connectivity index (χ3v) is 5.52. The summed E-state index contributed by atoms with van der Waals surface area (Å²) in [5.41, 5.74) is 2.28. The van der Waals surface area contributed by atoms with Gasteiger partial charge in [-0.05, 0) is 11.1 Å². The largest absolute Gasteiger partial charge is 0.395 e. The highest BCUT2D eigenvalue weighted by Crippen LogP contribution is 2.28. The van der Waals surface area contributed by atoms with Crippen molar-refractivity contribution in [2.75, 3.05) is 13.2 Å². The zero-order valence-corrected chi connectivity index (χ0v) is 16.6. The zero-order chi connectivity index (χ0) is 19.9. The second kappa shape index (κ2) is 9.82. The van der Waals surface area contributed by atoms with Gasteiger partial charge in [0.25, 0.3) is 0 Å². The molecule has 0 saturated carbocycles. The Morgan fingerprint density at radius 3 is 2.29 bits per heavy atom. The molecule has 1 aliphatic rings. The molecule has 0 spiro atoms. The topological polar surface area (TPSA) is 61.8 Å². The van der Waals surface area contributed by atoms with Crippen LogP contribution in [0.5, 0.6) is 0 Å². The van der Waals surface area contributed by atoms with Crippen LogP contribution in [0.2, 0.25) is 0 Å². The molecule has 2 N–H and O–H groups in total. The van der Waals surface area contributed by atoms with E-state index in [0.717, 1.165) is 5.56 Å². The van der Waals surface area contributed by atoms with Crippen molar-refractivity contribution in [3.63, 3.8) is 0 Å². The SMILES string of the molecule is CC(=O)N[C@H]1CN(Cc2ccccc2)[C@H](CO)[C@@H](OCc2ccccc2)[C@H]1C.